The minimum absolute atomic E-state index is 0.121. The molecule has 1 heterocycles. The second kappa shape index (κ2) is 9.12. The summed E-state index contributed by atoms with van der Waals surface area (Å²) < 4.78 is 1.43. The van der Waals surface area contributed by atoms with Gasteiger partial charge in [-0.25, -0.2) is 0 Å². The number of benzene rings is 2. The van der Waals surface area contributed by atoms with E-state index in [9.17, 15) is 9.59 Å². The summed E-state index contributed by atoms with van der Waals surface area (Å²) in [5.74, 6) is -0.173. The molecule has 0 aliphatic carbocycles. The number of anilines is 2. The number of carbonyl (C=O) groups is 2. The van der Waals surface area contributed by atoms with Gasteiger partial charge < -0.3 is 5.32 Å². The smallest absolute Gasteiger partial charge is 0.257 e. The molecule has 0 spiro atoms. The molecule has 2 amide bonds. The van der Waals surface area contributed by atoms with Gasteiger partial charge in [0.15, 0.2) is 4.34 Å². The number of amides is 2. The summed E-state index contributed by atoms with van der Waals surface area (Å²) in [6.45, 7) is 1.94. The Balaban J connectivity index is 1.53. The lowest BCUT2D eigenvalue weighted by Gasteiger charge is -2.06. The van der Waals surface area contributed by atoms with Gasteiger partial charge in [-0.2, -0.15) is 0 Å². The molecule has 0 atom stereocenters. The van der Waals surface area contributed by atoms with E-state index in [4.69, 9.17) is 0 Å². The highest BCUT2D eigenvalue weighted by Crippen LogP contribution is 2.26. The molecule has 9 heteroatoms. The van der Waals surface area contributed by atoms with E-state index in [1.165, 1.54) is 23.1 Å². The van der Waals surface area contributed by atoms with Crippen molar-refractivity contribution in [3.63, 3.8) is 0 Å². The van der Waals surface area contributed by atoms with E-state index < -0.39 is 0 Å². The first-order chi connectivity index (χ1) is 13.0. The Morgan fingerprint density at radius 2 is 1.93 bits per heavy atom. The highest BCUT2D eigenvalue weighted by atomic mass is 79.9. The molecule has 3 rings (SSSR count). The van der Waals surface area contributed by atoms with Crippen molar-refractivity contribution in [1.82, 2.24) is 10.2 Å². The van der Waals surface area contributed by atoms with Crippen molar-refractivity contribution in [1.29, 1.82) is 0 Å². The third-order valence-electron chi connectivity index (χ3n) is 3.46. The lowest BCUT2D eigenvalue weighted by molar-refractivity contribution is -0.113. The third-order valence-corrected chi connectivity index (χ3v) is 5.92. The molecule has 0 saturated heterocycles. The monoisotopic (exact) mass is 462 g/mol. The number of para-hydroxylation sites is 1. The Bertz CT molecular complexity index is 977. The highest BCUT2D eigenvalue weighted by Gasteiger charge is 2.12. The number of hydrogen-bond acceptors (Lipinski definition) is 6. The molecule has 0 bridgehead atoms. The summed E-state index contributed by atoms with van der Waals surface area (Å²) in [6, 6.07) is 14.7. The van der Waals surface area contributed by atoms with Crippen LogP contribution in [0, 0.1) is 6.92 Å². The maximum atomic E-state index is 12.2. The predicted molar refractivity (Wildman–Crippen MR) is 113 cm³/mol. The van der Waals surface area contributed by atoms with E-state index in [0.717, 1.165) is 15.7 Å². The molecule has 3 aromatic rings. The van der Waals surface area contributed by atoms with Crippen molar-refractivity contribution in [3.8, 4) is 0 Å². The van der Waals surface area contributed by atoms with Gasteiger partial charge in [-0.05, 0) is 36.8 Å². The molecule has 0 radical (unpaired) electrons. The van der Waals surface area contributed by atoms with Crippen LogP contribution in [0.2, 0.25) is 0 Å². The molecule has 0 aliphatic heterocycles. The second-order valence-electron chi connectivity index (χ2n) is 5.49. The van der Waals surface area contributed by atoms with Crippen LogP contribution in [0.15, 0.2) is 57.3 Å². The summed E-state index contributed by atoms with van der Waals surface area (Å²) in [6.07, 6.45) is 0. The standard InChI is InChI=1S/C18H15BrN4O2S2/c1-11-5-2-3-8-14(11)20-15(24)10-26-18-23-22-17(27-18)21-16(25)12-6-4-7-13(19)9-12/h2-9H,10H2,1H3,(H,20,24)(H,21,22,25). The molecule has 6 nitrogen and oxygen atoms in total. The summed E-state index contributed by atoms with van der Waals surface area (Å²) in [5.41, 5.74) is 2.32. The number of aromatic nitrogens is 2. The van der Waals surface area contributed by atoms with Crippen molar-refractivity contribution in [2.45, 2.75) is 11.3 Å². The predicted octanol–water partition coefficient (Wildman–Crippen LogP) is 4.59. The quantitative estimate of drug-likeness (QED) is 0.413. The van der Waals surface area contributed by atoms with E-state index in [2.05, 4.69) is 36.8 Å². The molecule has 0 unspecified atom stereocenters. The van der Waals surface area contributed by atoms with Gasteiger partial charge in [0.2, 0.25) is 11.0 Å². The zero-order valence-corrected chi connectivity index (χ0v) is 17.5. The van der Waals surface area contributed by atoms with Crippen LogP contribution in [-0.4, -0.2) is 27.8 Å². The molecule has 1 aromatic heterocycles. The number of nitrogens with zero attached hydrogens (tertiary/aromatic N) is 2. The van der Waals surface area contributed by atoms with Crippen LogP contribution in [0.4, 0.5) is 10.8 Å². The van der Waals surface area contributed by atoms with Crippen LogP contribution in [0.1, 0.15) is 15.9 Å². The van der Waals surface area contributed by atoms with Crippen molar-refractivity contribution in [2.24, 2.45) is 0 Å². The fraction of sp³-hybridized carbons (Fsp3) is 0.111. The fourth-order valence-corrected chi connectivity index (χ4v) is 4.09. The number of halogens is 1. The minimum Gasteiger partial charge on any atom is -0.325 e. The van der Waals surface area contributed by atoms with Gasteiger partial charge >= 0.3 is 0 Å². The summed E-state index contributed by atoms with van der Waals surface area (Å²) in [5, 5.41) is 13.9. The summed E-state index contributed by atoms with van der Waals surface area (Å²) in [7, 11) is 0. The Morgan fingerprint density at radius 1 is 1.11 bits per heavy atom. The van der Waals surface area contributed by atoms with E-state index >= 15 is 0 Å². The molecule has 0 aliphatic rings. The second-order valence-corrected chi connectivity index (χ2v) is 8.61. The molecule has 0 saturated carbocycles. The Hall–Kier alpha value is -2.23. The van der Waals surface area contributed by atoms with Gasteiger partial charge in [-0.1, -0.05) is 63.3 Å². The largest absolute Gasteiger partial charge is 0.325 e. The molecule has 138 valence electrons. The highest BCUT2D eigenvalue weighted by molar-refractivity contribution is 9.10. The average molecular weight is 463 g/mol. The number of hydrogen-bond donors (Lipinski definition) is 2. The molecule has 2 N–H and O–H groups in total. The maximum Gasteiger partial charge on any atom is 0.257 e. The number of aryl methyl sites for hydroxylation is 1. The summed E-state index contributed by atoms with van der Waals surface area (Å²) >= 11 is 5.84. The van der Waals surface area contributed by atoms with Crippen molar-refractivity contribution in [2.75, 3.05) is 16.4 Å². The topological polar surface area (TPSA) is 84.0 Å². The summed E-state index contributed by atoms with van der Waals surface area (Å²) in [4.78, 5) is 24.3. The van der Waals surface area contributed by atoms with Gasteiger partial charge in [0, 0.05) is 15.7 Å². The molecule has 2 aromatic carbocycles. The number of nitrogens with one attached hydrogen (secondary N) is 2. The van der Waals surface area contributed by atoms with Crippen LogP contribution in [-0.2, 0) is 4.79 Å². The van der Waals surface area contributed by atoms with Gasteiger partial charge in [0.25, 0.3) is 5.91 Å². The Labute approximate surface area is 172 Å². The lowest BCUT2D eigenvalue weighted by atomic mass is 10.2. The van der Waals surface area contributed by atoms with Crippen molar-refractivity contribution in [3.05, 3.63) is 64.1 Å². The van der Waals surface area contributed by atoms with E-state index in [1.807, 2.05) is 37.3 Å². The van der Waals surface area contributed by atoms with Gasteiger partial charge in [-0.15, -0.1) is 10.2 Å². The zero-order chi connectivity index (χ0) is 19.2. The lowest BCUT2D eigenvalue weighted by Crippen LogP contribution is -2.14. The van der Waals surface area contributed by atoms with Gasteiger partial charge in [0.1, 0.15) is 0 Å². The number of carbonyl (C=O) groups excluding carboxylic acids is 2. The number of thioether (sulfide) groups is 1. The van der Waals surface area contributed by atoms with Crippen molar-refractivity contribution < 1.29 is 9.59 Å². The minimum atomic E-state index is -0.263. The molecule has 27 heavy (non-hydrogen) atoms. The first-order valence-corrected chi connectivity index (χ1v) is 10.5. The van der Waals surface area contributed by atoms with E-state index in [0.29, 0.717) is 15.0 Å². The van der Waals surface area contributed by atoms with Crippen molar-refractivity contribution >= 4 is 61.7 Å². The first-order valence-electron chi connectivity index (χ1n) is 7.90. The first kappa shape index (κ1) is 19.5. The molecular formula is C18H15BrN4O2S2. The average Bonchev–Trinajstić information content (AvgIpc) is 3.09. The van der Waals surface area contributed by atoms with Crippen LogP contribution in [0.5, 0.6) is 0 Å². The van der Waals surface area contributed by atoms with Gasteiger partial charge in [0.05, 0.1) is 5.75 Å². The third kappa shape index (κ3) is 5.62. The number of rotatable bonds is 6. The molecule has 0 fully saturated rings. The SMILES string of the molecule is Cc1ccccc1NC(=O)CSc1nnc(NC(=O)c2cccc(Br)c2)s1. The van der Waals surface area contributed by atoms with Gasteiger partial charge in [-0.3, -0.25) is 14.9 Å². The Kier molecular flexibility index (Phi) is 6.59. The normalized spacial score (nSPS) is 10.4. The fourth-order valence-electron chi connectivity index (χ4n) is 2.14. The van der Waals surface area contributed by atoms with Crippen LogP contribution >= 0.6 is 39.0 Å². The van der Waals surface area contributed by atoms with E-state index in [-0.39, 0.29) is 17.6 Å². The van der Waals surface area contributed by atoms with Crippen LogP contribution in [0.3, 0.4) is 0 Å². The van der Waals surface area contributed by atoms with E-state index in [1.54, 1.807) is 18.2 Å². The zero-order valence-electron chi connectivity index (χ0n) is 14.2. The van der Waals surface area contributed by atoms with Crippen LogP contribution < -0.4 is 10.6 Å². The Morgan fingerprint density at radius 3 is 2.70 bits per heavy atom. The maximum absolute atomic E-state index is 12.2. The molecular weight excluding hydrogens is 448 g/mol. The van der Waals surface area contributed by atoms with Crippen LogP contribution in [0.25, 0.3) is 0 Å².